The molecule has 0 amide bonds. The van der Waals surface area contributed by atoms with Gasteiger partial charge < -0.3 is 5.32 Å². The van der Waals surface area contributed by atoms with E-state index in [9.17, 15) is 10.1 Å². The van der Waals surface area contributed by atoms with Crippen molar-refractivity contribution in [3.8, 4) is 0 Å². The average Bonchev–Trinajstić information content (AvgIpc) is 2.32. The topological polar surface area (TPSA) is 55.2 Å². The Morgan fingerprint density at radius 2 is 2.17 bits per heavy atom. The zero-order valence-corrected chi connectivity index (χ0v) is 11.0. The molecule has 0 aliphatic heterocycles. The highest BCUT2D eigenvalue weighted by molar-refractivity contribution is 5.51. The Balaban J connectivity index is 2.13. The number of hydrogen-bond donors (Lipinski definition) is 1. The molecule has 98 valence electrons. The van der Waals surface area contributed by atoms with E-state index in [0.29, 0.717) is 6.04 Å². The molecule has 2 rings (SSSR count). The van der Waals surface area contributed by atoms with Gasteiger partial charge in [0.25, 0.3) is 5.69 Å². The molecule has 0 radical (unpaired) electrons. The van der Waals surface area contributed by atoms with Crippen LogP contribution < -0.4 is 5.32 Å². The van der Waals surface area contributed by atoms with Crippen LogP contribution in [-0.2, 0) is 0 Å². The summed E-state index contributed by atoms with van der Waals surface area (Å²) in [6, 6.07) is 7.17. The van der Waals surface area contributed by atoms with Crippen molar-refractivity contribution in [2.24, 2.45) is 5.41 Å². The summed E-state index contributed by atoms with van der Waals surface area (Å²) in [5.74, 6) is 0. The number of benzene rings is 1. The van der Waals surface area contributed by atoms with Gasteiger partial charge in [0.1, 0.15) is 0 Å². The van der Waals surface area contributed by atoms with E-state index in [1.54, 1.807) is 12.1 Å². The van der Waals surface area contributed by atoms with E-state index < -0.39 is 0 Å². The molecule has 4 nitrogen and oxygen atoms in total. The molecule has 0 heterocycles. The van der Waals surface area contributed by atoms with Crippen LogP contribution in [-0.4, -0.2) is 11.0 Å². The number of rotatable bonds is 3. The number of nitrogens with zero attached hydrogens (tertiary/aromatic N) is 1. The Labute approximate surface area is 108 Å². The average molecular weight is 248 g/mol. The first kappa shape index (κ1) is 12.9. The molecule has 1 aliphatic rings. The lowest BCUT2D eigenvalue weighted by Crippen LogP contribution is -2.38. The first-order valence-electron chi connectivity index (χ1n) is 6.50. The molecule has 0 bridgehead atoms. The van der Waals surface area contributed by atoms with Crippen molar-refractivity contribution in [3.05, 3.63) is 34.4 Å². The number of hydrogen-bond acceptors (Lipinski definition) is 3. The summed E-state index contributed by atoms with van der Waals surface area (Å²) in [6.07, 6.45) is 4.85. The van der Waals surface area contributed by atoms with Gasteiger partial charge in [0, 0.05) is 23.9 Å². The normalized spacial score (nSPS) is 22.4. The third kappa shape index (κ3) is 2.81. The first-order chi connectivity index (χ1) is 8.49. The van der Waals surface area contributed by atoms with Gasteiger partial charge in [0.05, 0.1) is 4.92 Å². The molecule has 1 aromatic rings. The maximum atomic E-state index is 10.8. The summed E-state index contributed by atoms with van der Waals surface area (Å²) in [5, 5.41) is 14.2. The largest absolute Gasteiger partial charge is 0.382 e. The Bertz CT molecular complexity index is 443. The van der Waals surface area contributed by atoms with Crippen LogP contribution in [0.2, 0.25) is 0 Å². The maximum Gasteiger partial charge on any atom is 0.271 e. The minimum absolute atomic E-state index is 0.147. The summed E-state index contributed by atoms with van der Waals surface area (Å²) in [5.41, 5.74) is 1.25. The Morgan fingerprint density at radius 3 is 2.83 bits per heavy atom. The predicted molar refractivity (Wildman–Crippen MR) is 72.8 cm³/mol. The van der Waals surface area contributed by atoms with Crippen LogP contribution in [0.1, 0.15) is 39.5 Å². The number of nitro groups is 1. The SMILES string of the molecule is CC1(C)CCCCC1Nc1cccc([N+](=O)[O-])c1. The van der Waals surface area contributed by atoms with Gasteiger partial charge in [-0.2, -0.15) is 0 Å². The minimum atomic E-state index is -0.350. The van der Waals surface area contributed by atoms with Gasteiger partial charge in [0.2, 0.25) is 0 Å². The van der Waals surface area contributed by atoms with Crippen molar-refractivity contribution >= 4 is 11.4 Å². The molecule has 1 N–H and O–H groups in total. The molecule has 0 aromatic heterocycles. The van der Waals surface area contributed by atoms with Crippen molar-refractivity contribution in [1.29, 1.82) is 0 Å². The van der Waals surface area contributed by atoms with Gasteiger partial charge >= 0.3 is 0 Å². The van der Waals surface area contributed by atoms with Crippen molar-refractivity contribution in [2.75, 3.05) is 5.32 Å². The fourth-order valence-corrected chi connectivity index (χ4v) is 2.67. The second kappa shape index (κ2) is 4.96. The van der Waals surface area contributed by atoms with Crippen LogP contribution in [0.5, 0.6) is 0 Å². The van der Waals surface area contributed by atoms with Crippen molar-refractivity contribution in [3.63, 3.8) is 0 Å². The molecule has 0 saturated heterocycles. The lowest BCUT2D eigenvalue weighted by molar-refractivity contribution is -0.384. The van der Waals surface area contributed by atoms with E-state index in [1.165, 1.54) is 25.3 Å². The van der Waals surface area contributed by atoms with E-state index in [-0.39, 0.29) is 16.0 Å². The molecular formula is C14H20N2O2. The molecule has 1 aliphatic carbocycles. The van der Waals surface area contributed by atoms with Crippen LogP contribution >= 0.6 is 0 Å². The Morgan fingerprint density at radius 1 is 1.39 bits per heavy atom. The molecular weight excluding hydrogens is 228 g/mol. The number of nitrogens with one attached hydrogen (secondary N) is 1. The van der Waals surface area contributed by atoms with Crippen molar-refractivity contribution in [1.82, 2.24) is 0 Å². The van der Waals surface area contributed by atoms with Gasteiger partial charge in [-0.05, 0) is 24.3 Å². The third-order valence-electron chi connectivity index (χ3n) is 3.91. The van der Waals surface area contributed by atoms with Crippen molar-refractivity contribution < 1.29 is 4.92 Å². The highest BCUT2D eigenvalue weighted by Gasteiger charge is 2.32. The maximum absolute atomic E-state index is 10.8. The summed E-state index contributed by atoms with van der Waals surface area (Å²) >= 11 is 0. The lowest BCUT2D eigenvalue weighted by atomic mass is 9.73. The van der Waals surface area contributed by atoms with Gasteiger partial charge in [-0.15, -0.1) is 0 Å². The summed E-state index contributed by atoms with van der Waals surface area (Å²) in [6.45, 7) is 4.53. The molecule has 1 fully saturated rings. The van der Waals surface area contributed by atoms with Gasteiger partial charge in [-0.25, -0.2) is 0 Å². The molecule has 1 aromatic carbocycles. The number of non-ortho nitro benzene ring substituents is 1. The predicted octanol–water partition coefficient (Wildman–Crippen LogP) is 3.98. The zero-order chi connectivity index (χ0) is 13.2. The standard InChI is InChI=1S/C14H20N2O2/c1-14(2)9-4-3-8-13(14)15-11-6-5-7-12(10-11)16(17)18/h5-7,10,13,15H,3-4,8-9H2,1-2H3. The Kier molecular flexibility index (Phi) is 3.55. The lowest BCUT2D eigenvalue weighted by Gasteiger charge is -2.39. The van der Waals surface area contributed by atoms with Gasteiger partial charge in [-0.1, -0.05) is 32.8 Å². The van der Waals surface area contributed by atoms with E-state index in [4.69, 9.17) is 0 Å². The molecule has 18 heavy (non-hydrogen) atoms. The summed E-state index contributed by atoms with van der Waals surface area (Å²) in [7, 11) is 0. The zero-order valence-electron chi connectivity index (χ0n) is 11.0. The fourth-order valence-electron chi connectivity index (χ4n) is 2.67. The van der Waals surface area contributed by atoms with E-state index >= 15 is 0 Å². The van der Waals surface area contributed by atoms with E-state index in [1.807, 2.05) is 6.07 Å². The van der Waals surface area contributed by atoms with E-state index in [2.05, 4.69) is 19.2 Å². The van der Waals surface area contributed by atoms with E-state index in [0.717, 1.165) is 12.1 Å². The van der Waals surface area contributed by atoms with Crippen LogP contribution in [0.3, 0.4) is 0 Å². The van der Waals surface area contributed by atoms with Crippen molar-refractivity contribution in [2.45, 2.75) is 45.6 Å². The highest BCUT2D eigenvalue weighted by Crippen LogP contribution is 2.37. The van der Waals surface area contributed by atoms with Crippen LogP contribution in [0.25, 0.3) is 0 Å². The molecule has 0 spiro atoms. The number of nitro benzene ring substituents is 1. The second-order valence-electron chi connectivity index (χ2n) is 5.74. The minimum Gasteiger partial charge on any atom is -0.382 e. The summed E-state index contributed by atoms with van der Waals surface area (Å²) < 4.78 is 0. The third-order valence-corrected chi connectivity index (χ3v) is 3.91. The second-order valence-corrected chi connectivity index (χ2v) is 5.74. The van der Waals surface area contributed by atoms with Crippen LogP contribution in [0, 0.1) is 15.5 Å². The number of anilines is 1. The molecule has 1 saturated carbocycles. The first-order valence-corrected chi connectivity index (χ1v) is 6.50. The molecule has 1 atom stereocenters. The highest BCUT2D eigenvalue weighted by atomic mass is 16.6. The Hall–Kier alpha value is -1.58. The smallest absolute Gasteiger partial charge is 0.271 e. The molecule has 1 unspecified atom stereocenters. The molecule has 4 heteroatoms. The van der Waals surface area contributed by atoms with Gasteiger partial charge in [0.15, 0.2) is 0 Å². The van der Waals surface area contributed by atoms with Crippen LogP contribution in [0.15, 0.2) is 24.3 Å². The summed E-state index contributed by atoms with van der Waals surface area (Å²) in [4.78, 5) is 10.4. The fraction of sp³-hybridized carbons (Fsp3) is 0.571. The van der Waals surface area contributed by atoms with Crippen LogP contribution in [0.4, 0.5) is 11.4 Å². The quantitative estimate of drug-likeness (QED) is 0.650. The monoisotopic (exact) mass is 248 g/mol. The van der Waals surface area contributed by atoms with Gasteiger partial charge in [-0.3, -0.25) is 10.1 Å².